The monoisotopic (exact) mass is 380 g/mol. The van der Waals surface area contributed by atoms with Gasteiger partial charge in [-0.05, 0) is 34.5 Å². The minimum atomic E-state index is -0.127. The van der Waals surface area contributed by atoms with Gasteiger partial charge in [-0.15, -0.1) is 11.8 Å². The molecule has 5 nitrogen and oxygen atoms in total. The quantitative estimate of drug-likeness (QED) is 0.819. The first-order valence-electron chi connectivity index (χ1n) is 7.49. The Bertz CT molecular complexity index is 814. The Morgan fingerprint density at radius 1 is 1.32 bits per heavy atom. The molecule has 0 bridgehead atoms. The summed E-state index contributed by atoms with van der Waals surface area (Å²) in [5.74, 6) is 1.76. The van der Waals surface area contributed by atoms with Crippen LogP contribution in [-0.4, -0.2) is 41.5 Å². The zero-order chi connectivity index (χ0) is 15.3. The first-order chi connectivity index (χ1) is 10.7. The van der Waals surface area contributed by atoms with Crippen LogP contribution < -0.4 is 15.9 Å². The van der Waals surface area contributed by atoms with Crippen molar-refractivity contribution >= 4 is 44.4 Å². The highest BCUT2D eigenvalue weighted by molar-refractivity contribution is 9.10. The molecule has 3 heterocycles. The fraction of sp³-hybridized carbons (Fsp3) is 0.467. The predicted molar refractivity (Wildman–Crippen MR) is 94.2 cm³/mol. The number of piperazine rings is 1. The number of aromatic nitrogens is 2. The van der Waals surface area contributed by atoms with Crippen LogP contribution in [0.25, 0.3) is 10.9 Å². The molecule has 116 valence electrons. The third-order valence-corrected chi connectivity index (χ3v) is 6.65. The van der Waals surface area contributed by atoms with Crippen LogP contribution in [-0.2, 0) is 6.54 Å². The van der Waals surface area contributed by atoms with Crippen molar-refractivity contribution in [1.29, 1.82) is 0 Å². The molecule has 2 aliphatic heterocycles. The van der Waals surface area contributed by atoms with E-state index in [0.717, 1.165) is 59.7 Å². The maximum absolute atomic E-state index is 12.5. The van der Waals surface area contributed by atoms with Crippen molar-refractivity contribution in [3.63, 3.8) is 0 Å². The summed E-state index contributed by atoms with van der Waals surface area (Å²) in [6.45, 7) is 6.49. The third-order valence-electron chi connectivity index (χ3n) is 4.30. The molecule has 1 fully saturated rings. The van der Waals surface area contributed by atoms with Crippen LogP contribution in [0, 0.1) is 6.92 Å². The van der Waals surface area contributed by atoms with E-state index in [0.29, 0.717) is 0 Å². The number of hydrogen-bond donors (Lipinski definition) is 1. The maximum atomic E-state index is 12.5. The minimum absolute atomic E-state index is 0.127. The summed E-state index contributed by atoms with van der Waals surface area (Å²) in [6.07, 6.45) is 0. The highest BCUT2D eigenvalue weighted by Gasteiger charge is 2.24. The molecule has 0 saturated carbocycles. The molecule has 7 heteroatoms. The molecule has 0 unspecified atom stereocenters. The largest absolute Gasteiger partial charge is 0.353 e. The summed E-state index contributed by atoms with van der Waals surface area (Å²) in [5.41, 5.74) is 2.11. The van der Waals surface area contributed by atoms with E-state index in [-0.39, 0.29) is 5.69 Å². The Balaban J connectivity index is 2.05. The molecule has 2 aliphatic rings. The molecule has 0 amide bonds. The number of thioether (sulfide) groups is 1. The van der Waals surface area contributed by atoms with E-state index in [2.05, 4.69) is 44.1 Å². The molecule has 0 spiro atoms. The average Bonchev–Trinajstić information content (AvgIpc) is 2.56. The zero-order valence-corrected chi connectivity index (χ0v) is 14.8. The van der Waals surface area contributed by atoms with Gasteiger partial charge < -0.3 is 10.2 Å². The van der Waals surface area contributed by atoms with Gasteiger partial charge in [0, 0.05) is 53.2 Å². The highest BCUT2D eigenvalue weighted by atomic mass is 79.9. The van der Waals surface area contributed by atoms with Gasteiger partial charge in [0.25, 0.3) is 0 Å². The van der Waals surface area contributed by atoms with Crippen molar-refractivity contribution in [3.05, 3.63) is 26.6 Å². The number of rotatable bonds is 1. The van der Waals surface area contributed by atoms with Gasteiger partial charge in [-0.2, -0.15) is 4.98 Å². The van der Waals surface area contributed by atoms with Crippen LogP contribution in [0.1, 0.15) is 5.56 Å². The van der Waals surface area contributed by atoms with E-state index in [1.54, 1.807) is 0 Å². The molecule has 1 N–H and O–H groups in total. The van der Waals surface area contributed by atoms with Crippen molar-refractivity contribution < 1.29 is 0 Å². The molecule has 4 rings (SSSR count). The summed E-state index contributed by atoms with van der Waals surface area (Å²) < 4.78 is 2.94. The maximum Gasteiger partial charge on any atom is 0.350 e. The van der Waals surface area contributed by atoms with Crippen molar-refractivity contribution in [2.45, 2.75) is 18.4 Å². The van der Waals surface area contributed by atoms with Gasteiger partial charge in [0.1, 0.15) is 5.82 Å². The second kappa shape index (κ2) is 5.54. The Morgan fingerprint density at radius 3 is 2.86 bits per heavy atom. The van der Waals surface area contributed by atoms with Gasteiger partial charge in [0.05, 0.1) is 5.52 Å². The fourth-order valence-corrected chi connectivity index (χ4v) is 4.96. The first-order valence-corrected chi connectivity index (χ1v) is 9.27. The van der Waals surface area contributed by atoms with E-state index < -0.39 is 0 Å². The molecule has 1 aromatic carbocycles. The van der Waals surface area contributed by atoms with Gasteiger partial charge >= 0.3 is 5.69 Å². The summed E-state index contributed by atoms with van der Waals surface area (Å²) in [5, 5.41) is 4.45. The van der Waals surface area contributed by atoms with Gasteiger partial charge in [-0.1, -0.05) is 0 Å². The number of nitrogens with zero attached hydrogens (tertiary/aromatic N) is 3. The van der Waals surface area contributed by atoms with E-state index in [4.69, 9.17) is 0 Å². The lowest BCUT2D eigenvalue weighted by Crippen LogP contribution is -2.45. The van der Waals surface area contributed by atoms with Crippen LogP contribution in [0.15, 0.2) is 20.2 Å². The van der Waals surface area contributed by atoms with Crippen molar-refractivity contribution in [1.82, 2.24) is 14.9 Å². The van der Waals surface area contributed by atoms with Crippen LogP contribution in [0.4, 0.5) is 5.82 Å². The zero-order valence-electron chi connectivity index (χ0n) is 12.4. The molecule has 1 aromatic heterocycles. The summed E-state index contributed by atoms with van der Waals surface area (Å²) in [6, 6.07) is 2.16. The molecule has 2 aromatic rings. The Kier molecular flexibility index (Phi) is 3.66. The first kappa shape index (κ1) is 14.5. The fourth-order valence-electron chi connectivity index (χ4n) is 3.19. The van der Waals surface area contributed by atoms with Gasteiger partial charge in [-0.25, -0.2) is 4.79 Å². The van der Waals surface area contributed by atoms with Crippen LogP contribution >= 0.6 is 27.7 Å². The van der Waals surface area contributed by atoms with Crippen LogP contribution in [0.5, 0.6) is 0 Å². The van der Waals surface area contributed by atoms with Crippen molar-refractivity contribution in [2.75, 3.05) is 36.8 Å². The highest BCUT2D eigenvalue weighted by Crippen LogP contribution is 2.41. The number of nitrogens with one attached hydrogen (secondary N) is 1. The third kappa shape index (κ3) is 2.18. The molecular formula is C15H17BrN4OS. The van der Waals surface area contributed by atoms with Crippen LogP contribution in [0.2, 0.25) is 0 Å². The van der Waals surface area contributed by atoms with Gasteiger partial charge in [0.2, 0.25) is 0 Å². The second-order valence-electron chi connectivity index (χ2n) is 5.69. The van der Waals surface area contributed by atoms with Gasteiger partial charge in [0.15, 0.2) is 0 Å². The Labute approximate surface area is 141 Å². The Morgan fingerprint density at radius 2 is 2.09 bits per heavy atom. The molecule has 0 aliphatic carbocycles. The predicted octanol–water partition coefficient (Wildman–Crippen LogP) is 1.98. The molecule has 1 saturated heterocycles. The lowest BCUT2D eigenvalue weighted by atomic mass is 10.1. The lowest BCUT2D eigenvalue weighted by Gasteiger charge is -2.31. The number of benzene rings is 1. The lowest BCUT2D eigenvalue weighted by molar-refractivity contribution is 0.583. The second-order valence-corrected chi connectivity index (χ2v) is 7.59. The number of halogens is 1. The summed E-state index contributed by atoms with van der Waals surface area (Å²) >= 11 is 5.52. The van der Waals surface area contributed by atoms with Crippen molar-refractivity contribution in [3.8, 4) is 0 Å². The van der Waals surface area contributed by atoms with E-state index in [1.165, 1.54) is 10.5 Å². The van der Waals surface area contributed by atoms with E-state index >= 15 is 0 Å². The topological polar surface area (TPSA) is 50.2 Å². The van der Waals surface area contributed by atoms with Gasteiger partial charge in [-0.3, -0.25) is 4.57 Å². The Hall–Kier alpha value is -1.05. The minimum Gasteiger partial charge on any atom is -0.353 e. The smallest absolute Gasteiger partial charge is 0.350 e. The standard InChI is InChI=1S/C15H17BrN4OS/c1-9-8-10-12-13(11(9)16)22-7-6-20(12)15(21)18-14(10)19-4-2-17-3-5-19/h8,17H,2-7H2,1H3. The number of anilines is 1. The normalized spacial score (nSPS) is 18.0. The van der Waals surface area contributed by atoms with Crippen molar-refractivity contribution in [2.24, 2.45) is 0 Å². The molecular weight excluding hydrogens is 364 g/mol. The SMILES string of the molecule is Cc1cc2c(N3CCNCC3)nc(=O)n3c2c(c1Br)SCC3. The molecule has 0 atom stereocenters. The number of aryl methyl sites for hydroxylation is 2. The average molecular weight is 381 g/mol. The summed E-state index contributed by atoms with van der Waals surface area (Å²) in [4.78, 5) is 20.3. The molecule has 22 heavy (non-hydrogen) atoms. The van der Waals surface area contributed by atoms with Crippen LogP contribution in [0.3, 0.4) is 0 Å². The van der Waals surface area contributed by atoms with E-state index in [1.807, 2.05) is 16.3 Å². The number of hydrogen-bond acceptors (Lipinski definition) is 5. The molecule has 0 radical (unpaired) electrons. The van der Waals surface area contributed by atoms with E-state index in [9.17, 15) is 4.79 Å². The summed E-state index contributed by atoms with van der Waals surface area (Å²) in [7, 11) is 0.